The Bertz CT molecular complexity index is 1060. The summed E-state index contributed by atoms with van der Waals surface area (Å²) in [6.07, 6.45) is 7.72. The fourth-order valence-corrected chi connectivity index (χ4v) is 5.05. The van der Waals surface area contributed by atoms with E-state index in [0.29, 0.717) is 20.1 Å². The van der Waals surface area contributed by atoms with Crippen LogP contribution in [-0.4, -0.2) is 34.7 Å². The summed E-state index contributed by atoms with van der Waals surface area (Å²) in [5.74, 6) is 0.419. The van der Waals surface area contributed by atoms with Gasteiger partial charge in [0, 0.05) is 23.6 Å². The third-order valence-electron chi connectivity index (χ3n) is 6.42. The van der Waals surface area contributed by atoms with Crippen molar-refractivity contribution in [3.63, 3.8) is 0 Å². The monoisotopic (exact) mass is 659 g/mol. The third kappa shape index (κ3) is 8.03. The molecule has 0 radical (unpaired) electrons. The number of benzene rings is 2. The molecule has 1 fully saturated rings. The predicted octanol–water partition coefficient (Wildman–Crippen LogP) is 8.08. The minimum absolute atomic E-state index is 0.0334. The van der Waals surface area contributed by atoms with Crippen molar-refractivity contribution in [2.75, 3.05) is 0 Å². The summed E-state index contributed by atoms with van der Waals surface area (Å²) in [5.41, 5.74) is 3.63. The first-order valence-corrected chi connectivity index (χ1v) is 14.2. The normalized spacial score (nSPS) is 18.9. The van der Waals surface area contributed by atoms with Crippen LogP contribution in [0.15, 0.2) is 43.2 Å². The first kappa shape index (κ1) is 30.8. The summed E-state index contributed by atoms with van der Waals surface area (Å²) in [6, 6.07) is 8.04. The van der Waals surface area contributed by atoms with E-state index in [1.165, 1.54) is 0 Å². The van der Waals surface area contributed by atoms with Crippen molar-refractivity contribution >= 4 is 44.3 Å². The van der Waals surface area contributed by atoms with Gasteiger partial charge in [0.1, 0.15) is 11.5 Å². The Morgan fingerprint density at radius 1 is 0.750 bits per heavy atom. The van der Waals surface area contributed by atoms with E-state index in [1.54, 1.807) is 12.4 Å². The van der Waals surface area contributed by atoms with Crippen molar-refractivity contribution < 1.29 is 25.9 Å². The van der Waals surface area contributed by atoms with Crippen molar-refractivity contribution in [2.24, 2.45) is 9.98 Å². The number of aromatic hydroxyl groups is 2. The summed E-state index contributed by atoms with van der Waals surface area (Å²) in [4.78, 5) is 9.76. The quantitative estimate of drug-likeness (QED) is 0.257. The molecule has 0 amide bonds. The molecular weight excluding hydrogens is 625 g/mol. The zero-order valence-electron chi connectivity index (χ0n) is 21.8. The van der Waals surface area contributed by atoms with Crippen LogP contribution < -0.4 is 0 Å². The van der Waals surface area contributed by atoms with Gasteiger partial charge in [0.05, 0.1) is 21.0 Å². The second kappa shape index (κ2) is 12.9. The summed E-state index contributed by atoms with van der Waals surface area (Å²) < 4.78 is 8.17. The molecule has 0 heterocycles. The second-order valence-corrected chi connectivity index (χ2v) is 13.0. The van der Waals surface area contributed by atoms with Gasteiger partial charge >= 0.3 is 19.8 Å². The summed E-state index contributed by atoms with van der Waals surface area (Å²) in [7, 11) is 0. The SMILES string of the molecule is CC(C)(C)c1cc(Br)c(O)c(C=N[C@@H]2CCCC[C@H]2N=Cc2cc(C(C)(C)C)cc(Br)c2O)c1.[N]#[Mn]. The van der Waals surface area contributed by atoms with E-state index in [1.807, 2.05) is 39.9 Å². The molecular formula is C28H36Br2MnN3O2. The average Bonchev–Trinajstić information content (AvgIpc) is 2.81. The average molecular weight is 661 g/mol. The van der Waals surface area contributed by atoms with Crippen molar-refractivity contribution in [3.8, 4) is 11.5 Å². The predicted molar refractivity (Wildman–Crippen MR) is 152 cm³/mol. The number of aliphatic imine (C=N–C) groups is 2. The zero-order chi connectivity index (χ0) is 27.3. The van der Waals surface area contributed by atoms with Crippen LogP contribution in [0.25, 0.3) is 0 Å². The molecule has 0 spiro atoms. The van der Waals surface area contributed by atoms with E-state index < -0.39 is 0 Å². The molecule has 196 valence electrons. The molecule has 3 rings (SSSR count). The number of rotatable bonds is 4. The van der Waals surface area contributed by atoms with Crippen LogP contribution in [0.2, 0.25) is 0 Å². The summed E-state index contributed by atoms with van der Waals surface area (Å²) >= 11 is 8.91. The van der Waals surface area contributed by atoms with Gasteiger partial charge in [0.2, 0.25) is 0 Å². The fourth-order valence-electron chi connectivity index (χ4n) is 4.10. The van der Waals surface area contributed by atoms with Crippen LogP contribution >= 0.6 is 31.9 Å². The Morgan fingerprint density at radius 2 is 1.08 bits per heavy atom. The molecule has 0 unspecified atom stereocenters. The van der Waals surface area contributed by atoms with E-state index in [9.17, 15) is 10.2 Å². The number of phenols is 2. The number of nitrogens with zero attached hydrogens (tertiary/aromatic N) is 3. The molecule has 1 saturated carbocycles. The standard InChI is InChI=1S/C28H36Br2N2O2.Mn.N/c1-27(2,3)19-11-17(25(33)21(29)13-19)15-31-23-9-7-8-10-24(23)32-16-18-12-20(28(4,5)6)14-22(30)26(18)34;;/h11-16,23-24,33-34H,7-10H2,1-6H3;;/t23-,24-;;/m1../s1. The van der Waals surface area contributed by atoms with Crippen LogP contribution in [-0.2, 0) is 26.5 Å². The number of phenolic OH excluding ortho intramolecular Hbond substituents is 2. The molecule has 1 aliphatic carbocycles. The van der Waals surface area contributed by atoms with Crippen molar-refractivity contribution in [1.29, 1.82) is 4.20 Å². The van der Waals surface area contributed by atoms with Gasteiger partial charge < -0.3 is 10.2 Å². The maximum atomic E-state index is 10.6. The number of hydrogen-bond donors (Lipinski definition) is 2. The summed E-state index contributed by atoms with van der Waals surface area (Å²) in [6.45, 7) is 12.9. The Kier molecular flexibility index (Phi) is 11.0. The molecule has 1 aliphatic rings. The molecule has 2 atom stereocenters. The van der Waals surface area contributed by atoms with Gasteiger partial charge in [-0.15, -0.1) is 0 Å². The van der Waals surface area contributed by atoms with Crippen molar-refractivity contribution in [1.82, 2.24) is 0 Å². The second-order valence-electron chi connectivity index (χ2n) is 11.3. The fraction of sp³-hybridized carbons (Fsp3) is 0.500. The van der Waals surface area contributed by atoms with Gasteiger partial charge in [-0.05, 0) is 90.9 Å². The topological polar surface area (TPSA) is 89.0 Å². The van der Waals surface area contributed by atoms with Gasteiger partial charge in [-0.3, -0.25) is 9.98 Å². The molecule has 5 nitrogen and oxygen atoms in total. The molecule has 0 bridgehead atoms. The minimum atomic E-state index is -0.0334. The van der Waals surface area contributed by atoms with E-state index in [-0.39, 0.29) is 34.4 Å². The molecule has 8 heteroatoms. The number of halogens is 2. The Labute approximate surface area is 240 Å². The third-order valence-corrected chi connectivity index (χ3v) is 7.63. The van der Waals surface area contributed by atoms with E-state index >= 15 is 0 Å². The number of hydrogen-bond acceptors (Lipinski definition) is 5. The van der Waals surface area contributed by atoms with Gasteiger partial charge in [-0.25, -0.2) is 0 Å². The van der Waals surface area contributed by atoms with Crippen LogP contribution in [0.1, 0.15) is 89.5 Å². The maximum absolute atomic E-state index is 10.6. The summed E-state index contributed by atoms with van der Waals surface area (Å²) in [5, 5.41) is 21.2. The van der Waals surface area contributed by atoms with Gasteiger partial charge in [-0.2, -0.15) is 0 Å². The van der Waals surface area contributed by atoms with Crippen LogP contribution in [0.4, 0.5) is 0 Å². The van der Waals surface area contributed by atoms with Crippen LogP contribution in [0.5, 0.6) is 11.5 Å². The molecule has 0 aliphatic heterocycles. The van der Waals surface area contributed by atoms with Crippen molar-refractivity contribution in [3.05, 3.63) is 55.5 Å². The molecule has 2 aromatic carbocycles. The van der Waals surface area contributed by atoms with Gasteiger partial charge in [0.15, 0.2) is 0 Å². The van der Waals surface area contributed by atoms with Crippen molar-refractivity contribution in [2.45, 2.75) is 90.1 Å². The van der Waals surface area contributed by atoms with Gasteiger partial charge in [0.25, 0.3) is 0 Å². The van der Waals surface area contributed by atoms with Crippen LogP contribution in [0.3, 0.4) is 0 Å². The Hall–Kier alpha value is -1.43. The molecule has 2 N–H and O–H groups in total. The Balaban J connectivity index is 0.00000222. The molecule has 0 saturated heterocycles. The van der Waals surface area contributed by atoms with Gasteiger partial charge in [-0.1, -0.05) is 54.4 Å². The zero-order valence-corrected chi connectivity index (χ0v) is 26.2. The molecule has 36 heavy (non-hydrogen) atoms. The Morgan fingerprint density at radius 3 is 1.39 bits per heavy atom. The first-order chi connectivity index (χ1) is 16.8. The van der Waals surface area contributed by atoms with Crippen LogP contribution in [0, 0.1) is 4.20 Å². The van der Waals surface area contributed by atoms with E-state index in [4.69, 9.17) is 14.2 Å². The molecule has 0 aromatic heterocycles. The van der Waals surface area contributed by atoms with E-state index in [2.05, 4.69) is 73.4 Å². The molecule has 2 aromatic rings. The first-order valence-electron chi connectivity index (χ1n) is 12.1. The van der Waals surface area contributed by atoms with E-state index in [0.717, 1.165) is 36.8 Å².